The van der Waals surface area contributed by atoms with Gasteiger partial charge >= 0.3 is 0 Å². The zero-order valence-electron chi connectivity index (χ0n) is 30.2. The molecule has 0 aliphatic heterocycles. The minimum atomic E-state index is 0.891. The number of para-hydroxylation sites is 5. The van der Waals surface area contributed by atoms with Crippen molar-refractivity contribution in [2.45, 2.75) is 0 Å². The summed E-state index contributed by atoms with van der Waals surface area (Å²) in [5.74, 6) is 0. The van der Waals surface area contributed by atoms with Gasteiger partial charge in [-0.3, -0.25) is 0 Å². The fraction of sp³-hybridized carbons (Fsp3) is 0. The third kappa shape index (κ3) is 4.63. The van der Waals surface area contributed by atoms with Crippen LogP contribution in [0.5, 0.6) is 0 Å². The van der Waals surface area contributed by atoms with Crippen molar-refractivity contribution in [3.05, 3.63) is 194 Å². The van der Waals surface area contributed by atoms with Gasteiger partial charge in [0.1, 0.15) is 11.2 Å². The van der Waals surface area contributed by atoms with Gasteiger partial charge < -0.3 is 13.9 Å². The molecular weight excluding hydrogens is 701 g/mol. The lowest BCUT2D eigenvalue weighted by molar-refractivity contribution is 0.670. The van der Waals surface area contributed by atoms with E-state index < -0.39 is 0 Å². The number of hydrogen-bond donors (Lipinski definition) is 0. The third-order valence-corrected chi connectivity index (χ3v) is 12.6. The largest absolute Gasteiger partial charge is 0.455 e. The first kappa shape index (κ1) is 31.2. The predicted molar refractivity (Wildman–Crippen MR) is 239 cm³/mol. The van der Waals surface area contributed by atoms with Gasteiger partial charge in [-0.15, -0.1) is 11.3 Å². The van der Waals surface area contributed by atoms with E-state index in [4.69, 9.17) is 4.42 Å². The number of aromatic nitrogens is 1. The highest BCUT2D eigenvalue weighted by Gasteiger charge is 2.24. The van der Waals surface area contributed by atoms with Gasteiger partial charge in [-0.2, -0.15) is 0 Å². The summed E-state index contributed by atoms with van der Waals surface area (Å²) in [5.41, 5.74) is 10.6. The first-order valence-electron chi connectivity index (χ1n) is 19.0. The molecule has 0 atom stereocenters. The highest BCUT2D eigenvalue weighted by Crippen LogP contribution is 2.48. The van der Waals surface area contributed by atoms with E-state index in [0.717, 1.165) is 61.3 Å². The molecule has 0 spiro atoms. The molecule has 3 aromatic heterocycles. The second-order valence-electron chi connectivity index (χ2n) is 14.5. The van der Waals surface area contributed by atoms with Crippen molar-refractivity contribution in [2.75, 3.05) is 4.90 Å². The maximum Gasteiger partial charge on any atom is 0.143 e. The molecule has 12 rings (SSSR count). The Kier molecular flexibility index (Phi) is 6.80. The third-order valence-electron chi connectivity index (χ3n) is 11.4. The summed E-state index contributed by atoms with van der Waals surface area (Å²) < 4.78 is 11.8. The number of thiophene rings is 1. The Morgan fingerprint density at radius 1 is 0.429 bits per heavy atom. The molecular formula is C52H32N2OS. The number of anilines is 3. The maximum absolute atomic E-state index is 6.73. The number of furan rings is 1. The van der Waals surface area contributed by atoms with Gasteiger partial charge in [-0.25, -0.2) is 0 Å². The number of benzene rings is 9. The van der Waals surface area contributed by atoms with Crippen LogP contribution in [0, 0.1) is 0 Å². The van der Waals surface area contributed by atoms with Gasteiger partial charge in [0.25, 0.3) is 0 Å². The predicted octanol–water partition coefficient (Wildman–Crippen LogP) is 15.3. The van der Waals surface area contributed by atoms with Gasteiger partial charge in [0.05, 0.1) is 16.7 Å². The lowest BCUT2D eigenvalue weighted by Crippen LogP contribution is -2.11. The van der Waals surface area contributed by atoms with Gasteiger partial charge in [0.15, 0.2) is 0 Å². The van der Waals surface area contributed by atoms with Crippen LogP contribution >= 0.6 is 11.3 Å². The standard InChI is InChI=1S/C52H32N2OS/c1-3-15-34(16-4-1)53(35-17-5-2-6-18-35)47-32-48-44(31-45(47)42-23-13-22-41-39-21-10-12-25-49(39)55-51(41)42)38-20-9-11-24-46(38)54(48)36-27-29-40-43-28-26-33-14-7-8-19-37(33)52(43)56-50(40)30-36/h1-32H. The van der Waals surface area contributed by atoms with Crippen molar-refractivity contribution in [1.29, 1.82) is 0 Å². The molecule has 0 saturated heterocycles. The lowest BCUT2D eigenvalue weighted by atomic mass is 9.97. The molecule has 3 heterocycles. The van der Waals surface area contributed by atoms with Gasteiger partial charge in [-0.1, -0.05) is 133 Å². The molecule has 12 aromatic rings. The summed E-state index contributed by atoms with van der Waals surface area (Å²) in [4.78, 5) is 2.39. The van der Waals surface area contributed by atoms with Gasteiger partial charge in [0, 0.05) is 69.9 Å². The fourth-order valence-corrected chi connectivity index (χ4v) is 10.1. The van der Waals surface area contributed by atoms with E-state index in [0.29, 0.717) is 0 Å². The Morgan fingerprint density at radius 3 is 1.93 bits per heavy atom. The van der Waals surface area contributed by atoms with Crippen LogP contribution < -0.4 is 4.90 Å². The van der Waals surface area contributed by atoms with Crippen LogP contribution in [0.15, 0.2) is 199 Å². The van der Waals surface area contributed by atoms with Crippen LogP contribution in [0.3, 0.4) is 0 Å². The molecule has 56 heavy (non-hydrogen) atoms. The number of hydrogen-bond acceptors (Lipinski definition) is 3. The van der Waals surface area contributed by atoms with Crippen molar-refractivity contribution in [2.24, 2.45) is 0 Å². The van der Waals surface area contributed by atoms with E-state index in [9.17, 15) is 0 Å². The van der Waals surface area contributed by atoms with E-state index in [-0.39, 0.29) is 0 Å². The maximum atomic E-state index is 6.73. The molecule has 0 amide bonds. The molecule has 0 fully saturated rings. The number of fused-ring (bicyclic) bond motifs is 11. The molecule has 0 aliphatic rings. The van der Waals surface area contributed by atoms with Crippen LogP contribution in [0.4, 0.5) is 17.1 Å². The van der Waals surface area contributed by atoms with Crippen LogP contribution in [-0.4, -0.2) is 4.57 Å². The number of nitrogens with zero attached hydrogens (tertiary/aromatic N) is 2. The molecule has 0 unspecified atom stereocenters. The first-order chi connectivity index (χ1) is 27.8. The summed E-state index contributed by atoms with van der Waals surface area (Å²) in [6.07, 6.45) is 0. The quantitative estimate of drug-likeness (QED) is 0.176. The normalized spacial score (nSPS) is 11.9. The van der Waals surface area contributed by atoms with E-state index in [2.05, 4.69) is 198 Å². The topological polar surface area (TPSA) is 21.3 Å². The molecule has 3 nitrogen and oxygen atoms in total. The SMILES string of the molecule is c1ccc(N(c2ccccc2)c2cc3c(cc2-c2cccc4c2oc2ccccc24)c2ccccc2n3-c2ccc3c(c2)sc2c4ccccc4ccc32)cc1. The smallest absolute Gasteiger partial charge is 0.143 e. The molecule has 0 N–H and O–H groups in total. The summed E-state index contributed by atoms with van der Waals surface area (Å²) >= 11 is 1.89. The first-order valence-corrected chi connectivity index (χ1v) is 19.8. The molecule has 0 saturated carbocycles. The van der Waals surface area contributed by atoms with E-state index in [1.165, 1.54) is 47.2 Å². The average Bonchev–Trinajstić information content (AvgIpc) is 3.93. The monoisotopic (exact) mass is 732 g/mol. The average molecular weight is 733 g/mol. The molecule has 262 valence electrons. The van der Waals surface area contributed by atoms with Crippen molar-refractivity contribution < 1.29 is 4.42 Å². The Bertz CT molecular complexity index is 3440. The zero-order chi connectivity index (χ0) is 36.7. The number of rotatable bonds is 5. The molecule has 0 radical (unpaired) electrons. The highest BCUT2D eigenvalue weighted by atomic mass is 32.1. The van der Waals surface area contributed by atoms with E-state index in [1.54, 1.807) is 0 Å². The summed E-state index contributed by atoms with van der Waals surface area (Å²) in [6, 6.07) is 70.1. The molecule has 0 aliphatic carbocycles. The van der Waals surface area contributed by atoms with Crippen molar-refractivity contribution in [1.82, 2.24) is 4.57 Å². The zero-order valence-corrected chi connectivity index (χ0v) is 31.0. The molecule has 9 aromatic carbocycles. The van der Waals surface area contributed by atoms with Gasteiger partial charge in [-0.05, 0) is 71.4 Å². The van der Waals surface area contributed by atoms with Crippen LogP contribution in [-0.2, 0) is 0 Å². The minimum absolute atomic E-state index is 0.891. The van der Waals surface area contributed by atoms with Crippen molar-refractivity contribution >= 4 is 103 Å². The summed E-state index contributed by atoms with van der Waals surface area (Å²) in [7, 11) is 0. The van der Waals surface area contributed by atoms with Crippen LogP contribution in [0.2, 0.25) is 0 Å². The van der Waals surface area contributed by atoms with Crippen LogP contribution in [0.1, 0.15) is 0 Å². The lowest BCUT2D eigenvalue weighted by Gasteiger charge is -2.28. The second-order valence-corrected chi connectivity index (χ2v) is 15.5. The highest BCUT2D eigenvalue weighted by molar-refractivity contribution is 7.26. The fourth-order valence-electron chi connectivity index (χ4n) is 8.86. The van der Waals surface area contributed by atoms with Gasteiger partial charge in [0.2, 0.25) is 0 Å². The van der Waals surface area contributed by atoms with Crippen molar-refractivity contribution in [3.8, 4) is 16.8 Å². The van der Waals surface area contributed by atoms with Crippen LogP contribution in [0.25, 0.3) is 91.5 Å². The van der Waals surface area contributed by atoms with Crippen molar-refractivity contribution in [3.63, 3.8) is 0 Å². The van der Waals surface area contributed by atoms with E-state index >= 15 is 0 Å². The Labute approximate surface area is 326 Å². The van der Waals surface area contributed by atoms with E-state index in [1.807, 2.05) is 17.4 Å². The summed E-state index contributed by atoms with van der Waals surface area (Å²) in [5, 5.41) is 9.82. The molecule has 4 heteroatoms. The Balaban J connectivity index is 1.19. The Hall–Kier alpha value is -7.14. The summed E-state index contributed by atoms with van der Waals surface area (Å²) in [6.45, 7) is 0. The second kappa shape index (κ2) is 12.2. The minimum Gasteiger partial charge on any atom is -0.455 e. The Morgan fingerprint density at radius 2 is 1.11 bits per heavy atom. The molecule has 0 bridgehead atoms.